The zero-order chi connectivity index (χ0) is 29.2. The largest absolute Gasteiger partial charge is 0.385 e. The molecule has 5 heterocycles. The summed E-state index contributed by atoms with van der Waals surface area (Å²) in [7, 11) is 0. The highest BCUT2D eigenvalue weighted by molar-refractivity contribution is 6.00. The second kappa shape index (κ2) is 10.3. The molecule has 2 aliphatic heterocycles. The molecule has 4 aliphatic rings. The summed E-state index contributed by atoms with van der Waals surface area (Å²) in [4.78, 5) is 31.2. The predicted molar refractivity (Wildman–Crippen MR) is 165 cm³/mol. The maximum Gasteiger partial charge on any atom is 0.243 e. The number of carbonyl (C=O) groups is 2. The lowest BCUT2D eigenvalue weighted by Gasteiger charge is -2.35. The first-order valence-electron chi connectivity index (χ1n) is 15.9. The van der Waals surface area contributed by atoms with E-state index in [4.69, 9.17) is 10.1 Å². The van der Waals surface area contributed by atoms with E-state index in [-0.39, 0.29) is 17.9 Å². The van der Waals surface area contributed by atoms with Gasteiger partial charge in [-0.15, -0.1) is 0 Å². The summed E-state index contributed by atoms with van der Waals surface area (Å²) in [5, 5.41) is 12.5. The Morgan fingerprint density at radius 3 is 2.65 bits per heavy atom. The first-order valence-corrected chi connectivity index (χ1v) is 15.9. The van der Waals surface area contributed by atoms with Crippen molar-refractivity contribution in [1.82, 2.24) is 29.5 Å². The molecule has 1 unspecified atom stereocenters. The quantitative estimate of drug-likeness (QED) is 0.267. The summed E-state index contributed by atoms with van der Waals surface area (Å²) in [5.41, 5.74) is 8.18. The number of hydrogen-bond donors (Lipinski definition) is 2. The molecule has 2 aliphatic carbocycles. The summed E-state index contributed by atoms with van der Waals surface area (Å²) in [6, 6.07) is 13.7. The van der Waals surface area contributed by atoms with Gasteiger partial charge in [0.1, 0.15) is 5.65 Å². The highest BCUT2D eigenvalue weighted by Crippen LogP contribution is 2.46. The summed E-state index contributed by atoms with van der Waals surface area (Å²) in [6.07, 6.45) is 10.1. The van der Waals surface area contributed by atoms with Crippen molar-refractivity contribution >= 4 is 28.5 Å². The van der Waals surface area contributed by atoms with Crippen LogP contribution in [0.1, 0.15) is 87.2 Å². The Balaban J connectivity index is 0.905. The monoisotopic (exact) mass is 577 g/mol. The van der Waals surface area contributed by atoms with Crippen LogP contribution in [-0.2, 0) is 22.7 Å². The van der Waals surface area contributed by atoms with E-state index in [0.717, 1.165) is 49.5 Å². The Labute approximate surface area is 251 Å². The molecule has 3 fully saturated rings. The average molecular weight is 578 g/mol. The molecule has 8 rings (SSSR count). The maximum absolute atomic E-state index is 12.4. The molecule has 2 N–H and O–H groups in total. The molecule has 1 aromatic carbocycles. The van der Waals surface area contributed by atoms with Gasteiger partial charge < -0.3 is 9.88 Å². The van der Waals surface area contributed by atoms with Gasteiger partial charge in [-0.25, -0.2) is 4.98 Å². The van der Waals surface area contributed by atoms with Crippen molar-refractivity contribution in [2.45, 2.75) is 89.5 Å². The standard InChI is InChI=1S/C34H39N7O2/c1-20(2)40-12-11-23-6-8-29(36-33(23)40)28-19-41(38-32(28)22-3-4-22)27-13-21(14-27)16-35-26-7-5-24-17-39(18-25(24)15-26)30-9-10-31(42)37-34(30)43/h5-8,11-12,15,19-22,27,30,35H,3-4,9-10,13-14,16-18H2,1-2H3,(H,37,42,43). The number of nitrogens with one attached hydrogen (secondary N) is 2. The molecule has 222 valence electrons. The Bertz CT molecular complexity index is 1730. The van der Waals surface area contributed by atoms with Gasteiger partial charge in [-0.3, -0.25) is 24.5 Å². The fraction of sp³-hybridized carbons (Fsp3) is 0.471. The molecule has 0 spiro atoms. The molecule has 4 aromatic rings. The molecule has 43 heavy (non-hydrogen) atoms. The van der Waals surface area contributed by atoms with E-state index < -0.39 is 0 Å². The number of aromatic nitrogens is 4. The van der Waals surface area contributed by atoms with Crippen molar-refractivity contribution in [3.8, 4) is 11.3 Å². The van der Waals surface area contributed by atoms with Crippen LogP contribution in [0.5, 0.6) is 0 Å². The van der Waals surface area contributed by atoms with Crippen LogP contribution in [0.15, 0.2) is 48.8 Å². The second-order valence-electron chi connectivity index (χ2n) is 13.3. The number of amides is 2. The van der Waals surface area contributed by atoms with Crippen LogP contribution in [0.2, 0.25) is 0 Å². The molecule has 2 saturated carbocycles. The Hall–Kier alpha value is -3.98. The summed E-state index contributed by atoms with van der Waals surface area (Å²) in [5.74, 6) is 0.855. The Morgan fingerprint density at radius 2 is 1.86 bits per heavy atom. The van der Waals surface area contributed by atoms with E-state index in [9.17, 15) is 9.59 Å². The third-order valence-corrected chi connectivity index (χ3v) is 9.91. The van der Waals surface area contributed by atoms with Crippen LogP contribution in [0.25, 0.3) is 22.3 Å². The minimum atomic E-state index is -0.220. The van der Waals surface area contributed by atoms with Gasteiger partial charge in [0.05, 0.1) is 23.5 Å². The van der Waals surface area contributed by atoms with Crippen LogP contribution in [0, 0.1) is 5.92 Å². The molecule has 0 bridgehead atoms. The lowest BCUT2D eigenvalue weighted by molar-refractivity contribution is -0.137. The number of fused-ring (bicyclic) bond motifs is 2. The SMILES string of the molecule is CC(C)n1ccc2ccc(-c3cn(C4CC(CNc5ccc6c(c5)CN(C5CCC(=O)NC5=O)C6)C4)nc3C3CC3)nc21. The molecule has 9 nitrogen and oxygen atoms in total. The number of nitrogens with zero attached hydrogens (tertiary/aromatic N) is 5. The van der Waals surface area contributed by atoms with E-state index in [1.165, 1.54) is 40.6 Å². The number of carbonyl (C=O) groups excluding carboxylic acids is 2. The first-order chi connectivity index (χ1) is 20.9. The zero-order valence-corrected chi connectivity index (χ0v) is 24.9. The van der Waals surface area contributed by atoms with E-state index in [1.54, 1.807) is 0 Å². The van der Waals surface area contributed by atoms with Crippen LogP contribution < -0.4 is 10.6 Å². The van der Waals surface area contributed by atoms with Crippen molar-refractivity contribution in [3.05, 3.63) is 65.6 Å². The number of rotatable bonds is 8. The van der Waals surface area contributed by atoms with E-state index in [1.807, 2.05) is 0 Å². The molecule has 1 saturated heterocycles. The van der Waals surface area contributed by atoms with Gasteiger partial charge in [-0.1, -0.05) is 6.07 Å². The van der Waals surface area contributed by atoms with Gasteiger partial charge in [0.15, 0.2) is 0 Å². The molecular formula is C34H39N7O2. The van der Waals surface area contributed by atoms with Gasteiger partial charge in [-0.05, 0) is 93.3 Å². The summed E-state index contributed by atoms with van der Waals surface area (Å²) in [6.45, 7) is 6.85. The van der Waals surface area contributed by atoms with Crippen molar-refractivity contribution in [1.29, 1.82) is 0 Å². The predicted octanol–water partition coefficient (Wildman–Crippen LogP) is 5.54. The molecule has 1 atom stereocenters. The van der Waals surface area contributed by atoms with E-state index >= 15 is 0 Å². The number of imide groups is 1. The smallest absolute Gasteiger partial charge is 0.243 e. The number of benzene rings is 1. The third kappa shape index (κ3) is 4.93. The fourth-order valence-corrected chi connectivity index (χ4v) is 7.17. The summed E-state index contributed by atoms with van der Waals surface area (Å²) < 4.78 is 4.48. The van der Waals surface area contributed by atoms with Crippen molar-refractivity contribution < 1.29 is 9.59 Å². The van der Waals surface area contributed by atoms with Crippen molar-refractivity contribution in [2.75, 3.05) is 11.9 Å². The fourth-order valence-electron chi connectivity index (χ4n) is 7.17. The van der Waals surface area contributed by atoms with Gasteiger partial charge in [0.2, 0.25) is 11.8 Å². The number of piperidine rings is 1. The van der Waals surface area contributed by atoms with Gasteiger partial charge in [0, 0.05) is 67.0 Å². The third-order valence-electron chi connectivity index (χ3n) is 9.91. The van der Waals surface area contributed by atoms with Crippen LogP contribution >= 0.6 is 0 Å². The normalized spacial score (nSPS) is 23.9. The minimum absolute atomic E-state index is 0.158. The topological polar surface area (TPSA) is 97.1 Å². The highest BCUT2D eigenvalue weighted by atomic mass is 16.2. The molecule has 0 radical (unpaired) electrons. The lowest BCUT2D eigenvalue weighted by atomic mass is 9.80. The first kappa shape index (κ1) is 26.6. The van der Waals surface area contributed by atoms with Crippen molar-refractivity contribution in [2.24, 2.45) is 5.92 Å². The van der Waals surface area contributed by atoms with Crippen molar-refractivity contribution in [3.63, 3.8) is 0 Å². The summed E-state index contributed by atoms with van der Waals surface area (Å²) >= 11 is 0. The lowest BCUT2D eigenvalue weighted by Crippen LogP contribution is -2.50. The Morgan fingerprint density at radius 1 is 1.02 bits per heavy atom. The minimum Gasteiger partial charge on any atom is -0.385 e. The Kier molecular flexibility index (Phi) is 6.40. The molecule has 9 heteroatoms. The number of pyridine rings is 1. The van der Waals surface area contributed by atoms with E-state index in [2.05, 4.69) is 87.4 Å². The van der Waals surface area contributed by atoms with Crippen LogP contribution in [0.4, 0.5) is 5.69 Å². The molecule has 3 aromatic heterocycles. The highest BCUT2D eigenvalue weighted by Gasteiger charge is 2.36. The molecule has 2 amide bonds. The van der Waals surface area contributed by atoms with Gasteiger partial charge >= 0.3 is 0 Å². The number of anilines is 1. The van der Waals surface area contributed by atoms with Gasteiger partial charge in [-0.2, -0.15) is 5.10 Å². The molecular weight excluding hydrogens is 538 g/mol. The number of hydrogen-bond acceptors (Lipinski definition) is 6. The van der Waals surface area contributed by atoms with Gasteiger partial charge in [0.25, 0.3) is 0 Å². The maximum atomic E-state index is 12.4. The average Bonchev–Trinajstić information content (AvgIpc) is 3.37. The van der Waals surface area contributed by atoms with Crippen LogP contribution in [-0.4, -0.2) is 48.6 Å². The zero-order valence-electron chi connectivity index (χ0n) is 24.9. The second-order valence-corrected chi connectivity index (χ2v) is 13.3. The van der Waals surface area contributed by atoms with Crippen LogP contribution in [0.3, 0.4) is 0 Å². The van der Waals surface area contributed by atoms with E-state index in [0.29, 0.717) is 36.8 Å².